The lowest BCUT2D eigenvalue weighted by Gasteiger charge is -2.29. The lowest BCUT2D eigenvalue weighted by molar-refractivity contribution is -0.137. The molecule has 2 aromatic rings. The number of anilines is 2. The number of carbonyl (C=O) groups is 1. The van der Waals surface area contributed by atoms with E-state index < -0.39 is 23.8 Å². The van der Waals surface area contributed by atoms with Gasteiger partial charge in [0.1, 0.15) is 17.8 Å². The Morgan fingerprint density at radius 3 is 2.60 bits per heavy atom. The number of epoxide rings is 1. The van der Waals surface area contributed by atoms with Crippen LogP contribution in [0.3, 0.4) is 0 Å². The van der Waals surface area contributed by atoms with Crippen LogP contribution in [0.25, 0.3) is 0 Å². The summed E-state index contributed by atoms with van der Waals surface area (Å²) in [6.07, 6.45) is 2.82. The minimum atomic E-state index is -4.52. The molecular weight excluding hydrogens is 464 g/mol. The fourth-order valence-electron chi connectivity index (χ4n) is 4.40. The molecule has 2 heterocycles. The Kier molecular flexibility index (Phi) is 5.84. The van der Waals surface area contributed by atoms with Crippen LogP contribution in [0, 0.1) is 11.7 Å². The number of allylic oxidation sites excluding steroid dienone is 2. The number of alkyl halides is 3. The van der Waals surface area contributed by atoms with Crippen molar-refractivity contribution in [2.24, 2.45) is 10.9 Å². The van der Waals surface area contributed by atoms with E-state index in [0.29, 0.717) is 11.5 Å². The summed E-state index contributed by atoms with van der Waals surface area (Å²) in [5.41, 5.74) is -0.205. The second-order valence-corrected chi connectivity index (χ2v) is 8.56. The maximum Gasteiger partial charge on any atom is 0.416 e. The fraction of sp³-hybridized carbons (Fsp3) is 0.280. The van der Waals surface area contributed by atoms with E-state index in [1.54, 1.807) is 19.1 Å². The maximum atomic E-state index is 13.6. The summed E-state index contributed by atoms with van der Waals surface area (Å²) >= 11 is 0. The van der Waals surface area contributed by atoms with E-state index in [1.165, 1.54) is 24.3 Å². The Morgan fingerprint density at radius 1 is 1.11 bits per heavy atom. The minimum absolute atomic E-state index is 0.00808. The number of hydrogen-bond acceptors (Lipinski definition) is 4. The average molecular weight is 486 g/mol. The summed E-state index contributed by atoms with van der Waals surface area (Å²) < 4.78 is 58.6. The SMILES string of the molecule is CC(NC(=O)Nc1cccc(C(F)(F)F)c1)C1=NC2C=CC=CC2C2OC2N1c1ccc(F)cc1. The molecule has 0 saturated carbocycles. The number of carbonyl (C=O) groups excluding carboxylic acids is 1. The normalized spacial score (nSPS) is 25.6. The molecule has 5 unspecified atom stereocenters. The molecule has 1 saturated heterocycles. The van der Waals surface area contributed by atoms with Crippen molar-refractivity contribution in [3.05, 3.63) is 84.2 Å². The Hall–Kier alpha value is -3.66. The van der Waals surface area contributed by atoms with Crippen LogP contribution in [-0.4, -0.2) is 36.3 Å². The van der Waals surface area contributed by atoms with Crippen LogP contribution in [0.2, 0.25) is 0 Å². The largest absolute Gasteiger partial charge is 0.416 e. The lowest BCUT2D eigenvalue weighted by atomic mass is 9.92. The van der Waals surface area contributed by atoms with Crippen LogP contribution >= 0.6 is 0 Å². The van der Waals surface area contributed by atoms with E-state index in [1.807, 2.05) is 29.2 Å². The second-order valence-electron chi connectivity index (χ2n) is 8.56. The van der Waals surface area contributed by atoms with Crippen molar-refractivity contribution in [1.29, 1.82) is 0 Å². The first-order valence-electron chi connectivity index (χ1n) is 11.1. The van der Waals surface area contributed by atoms with Gasteiger partial charge in [-0.1, -0.05) is 30.4 Å². The Balaban J connectivity index is 1.40. The van der Waals surface area contributed by atoms with E-state index in [9.17, 15) is 22.4 Å². The van der Waals surface area contributed by atoms with Crippen molar-refractivity contribution in [3.63, 3.8) is 0 Å². The third-order valence-electron chi connectivity index (χ3n) is 6.10. The second kappa shape index (κ2) is 8.84. The summed E-state index contributed by atoms with van der Waals surface area (Å²) in [7, 11) is 0. The molecule has 3 aliphatic rings. The van der Waals surface area contributed by atoms with Crippen LogP contribution < -0.4 is 15.5 Å². The molecule has 5 atom stereocenters. The molecule has 1 aliphatic carbocycles. The molecule has 0 radical (unpaired) electrons. The molecule has 0 spiro atoms. The third-order valence-corrected chi connectivity index (χ3v) is 6.10. The number of benzene rings is 2. The van der Waals surface area contributed by atoms with Gasteiger partial charge in [0, 0.05) is 17.3 Å². The van der Waals surface area contributed by atoms with Gasteiger partial charge in [0.25, 0.3) is 0 Å². The number of nitrogens with zero attached hydrogens (tertiary/aromatic N) is 2. The fourth-order valence-corrected chi connectivity index (χ4v) is 4.40. The molecule has 0 bridgehead atoms. The van der Waals surface area contributed by atoms with Crippen molar-refractivity contribution in [2.75, 3.05) is 10.2 Å². The van der Waals surface area contributed by atoms with Crippen molar-refractivity contribution >= 4 is 23.2 Å². The number of ether oxygens (including phenoxy) is 1. The van der Waals surface area contributed by atoms with Gasteiger partial charge in [-0.25, -0.2) is 9.18 Å². The molecule has 0 aromatic heterocycles. The van der Waals surface area contributed by atoms with Gasteiger partial charge in [-0.2, -0.15) is 13.2 Å². The van der Waals surface area contributed by atoms with Crippen molar-refractivity contribution < 1.29 is 27.1 Å². The predicted octanol–water partition coefficient (Wildman–Crippen LogP) is 5.11. The van der Waals surface area contributed by atoms with Gasteiger partial charge in [0.15, 0.2) is 6.23 Å². The predicted molar refractivity (Wildman–Crippen MR) is 124 cm³/mol. The summed E-state index contributed by atoms with van der Waals surface area (Å²) in [5, 5.41) is 5.20. The zero-order valence-electron chi connectivity index (χ0n) is 18.5. The lowest BCUT2D eigenvalue weighted by Crippen LogP contribution is -2.49. The van der Waals surface area contributed by atoms with Gasteiger partial charge in [0.2, 0.25) is 0 Å². The Bertz CT molecular complexity index is 1210. The van der Waals surface area contributed by atoms with Crippen molar-refractivity contribution in [3.8, 4) is 0 Å². The highest BCUT2D eigenvalue weighted by atomic mass is 19.4. The Morgan fingerprint density at radius 2 is 1.86 bits per heavy atom. The highest BCUT2D eigenvalue weighted by Gasteiger charge is 2.54. The Labute approximate surface area is 199 Å². The number of aliphatic imine (C=N–C) groups is 1. The first-order chi connectivity index (χ1) is 16.7. The molecule has 2 aromatic carbocycles. The van der Waals surface area contributed by atoms with E-state index in [-0.39, 0.29) is 35.8 Å². The van der Waals surface area contributed by atoms with Gasteiger partial charge in [-0.15, -0.1) is 0 Å². The number of halogens is 4. The molecule has 2 amide bonds. The summed E-state index contributed by atoms with van der Waals surface area (Å²) in [6, 6.07) is 8.74. The third kappa shape index (κ3) is 4.79. The van der Waals surface area contributed by atoms with E-state index >= 15 is 0 Å². The number of amidine groups is 1. The minimum Gasteiger partial charge on any atom is -0.346 e. The molecule has 5 rings (SSSR count). The van der Waals surface area contributed by atoms with Gasteiger partial charge >= 0.3 is 12.2 Å². The van der Waals surface area contributed by atoms with Gasteiger partial charge < -0.3 is 15.4 Å². The van der Waals surface area contributed by atoms with Crippen LogP contribution in [0.15, 0.2) is 77.8 Å². The van der Waals surface area contributed by atoms with Crippen molar-refractivity contribution in [1.82, 2.24) is 5.32 Å². The van der Waals surface area contributed by atoms with Gasteiger partial charge in [-0.05, 0) is 49.4 Å². The summed E-state index contributed by atoms with van der Waals surface area (Å²) in [4.78, 5) is 19.4. The number of fused-ring (bicyclic) bond motifs is 3. The van der Waals surface area contributed by atoms with Crippen LogP contribution in [0.4, 0.5) is 33.7 Å². The average Bonchev–Trinajstić information content (AvgIpc) is 3.60. The van der Waals surface area contributed by atoms with Crippen LogP contribution in [-0.2, 0) is 10.9 Å². The number of urea groups is 1. The number of rotatable bonds is 4. The monoisotopic (exact) mass is 486 g/mol. The van der Waals surface area contributed by atoms with Crippen molar-refractivity contribution in [2.45, 2.75) is 37.5 Å². The number of nitrogens with one attached hydrogen (secondary N) is 2. The van der Waals surface area contributed by atoms with Gasteiger partial charge in [0.05, 0.1) is 17.6 Å². The zero-order valence-corrected chi connectivity index (χ0v) is 18.5. The molecule has 2 aliphatic heterocycles. The molecule has 182 valence electrons. The van der Waals surface area contributed by atoms with Gasteiger partial charge in [-0.3, -0.25) is 9.89 Å². The molecule has 6 nitrogen and oxygen atoms in total. The summed E-state index contributed by atoms with van der Waals surface area (Å²) in [5.74, 6) is 0.119. The summed E-state index contributed by atoms with van der Waals surface area (Å²) in [6.45, 7) is 1.72. The number of amides is 2. The van der Waals surface area contributed by atoms with E-state index in [4.69, 9.17) is 9.73 Å². The first kappa shape index (κ1) is 23.1. The van der Waals surface area contributed by atoms with E-state index in [2.05, 4.69) is 10.6 Å². The quantitative estimate of drug-likeness (QED) is 0.466. The topological polar surface area (TPSA) is 69.3 Å². The number of hydrogen-bond donors (Lipinski definition) is 2. The highest BCUT2D eigenvalue weighted by molar-refractivity contribution is 6.05. The van der Waals surface area contributed by atoms with Crippen LogP contribution in [0.1, 0.15) is 12.5 Å². The molecule has 1 fully saturated rings. The molecule has 35 heavy (non-hydrogen) atoms. The highest BCUT2D eigenvalue weighted by Crippen LogP contribution is 2.42. The van der Waals surface area contributed by atoms with E-state index in [0.717, 1.165) is 12.1 Å². The molecule has 10 heteroatoms. The zero-order chi connectivity index (χ0) is 24.7. The maximum absolute atomic E-state index is 13.6. The molecular formula is C25H22F4N4O2. The van der Waals surface area contributed by atoms with Crippen LogP contribution in [0.5, 0.6) is 0 Å². The smallest absolute Gasteiger partial charge is 0.346 e. The first-order valence-corrected chi connectivity index (χ1v) is 11.1. The molecule has 2 N–H and O–H groups in total. The standard InChI is InChI=1S/C25H22F4N4O2/c1-14(30-24(34)31-17-6-4-5-15(13-17)25(27,28)29)22-32-20-8-3-2-7-19(20)21-23(35-21)33(22)18-11-9-16(26)10-12-18/h2-14,19-21,23H,1H3,(H2,30,31,34).